The molecule has 0 fully saturated rings. The van der Waals surface area contributed by atoms with Gasteiger partial charge in [-0.05, 0) is 18.6 Å². The Morgan fingerprint density at radius 2 is 1.42 bits per heavy atom. The number of aryl methyl sites for hydroxylation is 1. The van der Waals surface area contributed by atoms with E-state index >= 15 is 0 Å². The highest BCUT2D eigenvalue weighted by molar-refractivity contribution is 5.18. The molecule has 0 aliphatic rings. The molecule has 0 atom stereocenters. The molecule has 0 saturated carbocycles. The van der Waals surface area contributed by atoms with Crippen molar-refractivity contribution in [1.82, 2.24) is 0 Å². The summed E-state index contributed by atoms with van der Waals surface area (Å²) in [6.07, 6.45) is 0. The molecular formula is C7H5F5. The van der Waals surface area contributed by atoms with Crippen molar-refractivity contribution in [3.8, 4) is 0 Å². The molecule has 0 aromatic heterocycles. The first-order chi connectivity index (χ1) is 5.63. The molecule has 0 nitrogen and oxygen atoms in total. The Kier molecular flexibility index (Phi) is 4.25. The van der Waals surface area contributed by atoms with Gasteiger partial charge < -0.3 is 0 Å². The van der Waals surface area contributed by atoms with Gasteiger partial charge in [0.1, 0.15) is 0 Å². The van der Waals surface area contributed by atoms with E-state index in [0.29, 0.717) is 0 Å². The van der Waals surface area contributed by atoms with Gasteiger partial charge in [-0.15, -0.1) is 0 Å². The third-order valence-electron chi connectivity index (χ3n) is 1.23. The Hall–Kier alpha value is -1.13. The fraction of sp³-hybridized carbons (Fsp3) is 0.143. The molecule has 0 aliphatic heterocycles. The van der Waals surface area contributed by atoms with Gasteiger partial charge in [0, 0.05) is 9.15 Å². The Bertz CT molecular complexity index is 231. The second kappa shape index (κ2) is 4.69. The van der Waals surface area contributed by atoms with E-state index in [9.17, 15) is 13.2 Å². The van der Waals surface area contributed by atoms with Crippen molar-refractivity contribution in [1.29, 1.82) is 0 Å². The molecule has 0 saturated heterocycles. The number of benzene rings is 1. The van der Waals surface area contributed by atoms with E-state index < -0.39 is 17.5 Å². The normalized spacial score (nSPS) is 8.83. The monoisotopic (exact) mass is 184 g/mol. The Morgan fingerprint density at radius 3 is 1.83 bits per heavy atom. The molecule has 0 unspecified atom stereocenters. The van der Waals surface area contributed by atoms with Crippen LogP contribution in [-0.4, -0.2) is 0 Å². The average molecular weight is 184 g/mol. The Balaban J connectivity index is 0.000000561. The fourth-order valence-electron chi connectivity index (χ4n) is 0.622. The van der Waals surface area contributed by atoms with Crippen LogP contribution in [0.3, 0.4) is 0 Å². The van der Waals surface area contributed by atoms with Crippen molar-refractivity contribution in [3.63, 3.8) is 0 Å². The van der Waals surface area contributed by atoms with Crippen LogP contribution in [-0.2, 0) is 0 Å². The molecule has 1 aromatic carbocycles. The molecule has 0 heterocycles. The van der Waals surface area contributed by atoms with E-state index in [-0.39, 0.29) is 5.56 Å². The van der Waals surface area contributed by atoms with Crippen LogP contribution in [0.2, 0.25) is 0 Å². The highest BCUT2D eigenvalue weighted by Gasteiger charge is 2.09. The molecule has 0 spiro atoms. The standard InChI is InChI=1S/C7H5F3.F2/c1-4-2-3-5(8)7(10)6(4)9;1-2/h2-3H,1H3;. The van der Waals surface area contributed by atoms with Gasteiger partial charge >= 0.3 is 0 Å². The van der Waals surface area contributed by atoms with Gasteiger partial charge in [0.2, 0.25) is 0 Å². The molecule has 1 aromatic rings. The summed E-state index contributed by atoms with van der Waals surface area (Å²) in [5.41, 5.74) is 0.110. The van der Waals surface area contributed by atoms with Crippen molar-refractivity contribution in [2.24, 2.45) is 0 Å². The van der Waals surface area contributed by atoms with Gasteiger partial charge in [0.15, 0.2) is 17.5 Å². The minimum atomic E-state index is -1.40. The lowest BCUT2D eigenvalue weighted by Crippen LogP contribution is -1.92. The largest absolute Gasteiger partial charge is 0.204 e. The van der Waals surface area contributed by atoms with E-state index in [0.717, 1.165) is 6.07 Å². The molecule has 68 valence electrons. The first kappa shape index (κ1) is 10.9. The summed E-state index contributed by atoms with van der Waals surface area (Å²) in [4.78, 5) is 0. The molecule has 0 aliphatic carbocycles. The zero-order valence-electron chi connectivity index (χ0n) is 6.04. The highest BCUT2D eigenvalue weighted by atomic mass is 20.0. The lowest BCUT2D eigenvalue weighted by Gasteiger charge is -1.96. The second-order valence-corrected chi connectivity index (χ2v) is 1.99. The predicted molar refractivity (Wildman–Crippen MR) is 33.3 cm³/mol. The number of rotatable bonds is 0. The number of hydrogen-bond acceptors (Lipinski definition) is 0. The van der Waals surface area contributed by atoms with Crippen molar-refractivity contribution in [2.75, 3.05) is 0 Å². The van der Waals surface area contributed by atoms with Crippen molar-refractivity contribution in [3.05, 3.63) is 35.1 Å². The van der Waals surface area contributed by atoms with Crippen LogP contribution >= 0.6 is 0 Å². The lowest BCUT2D eigenvalue weighted by atomic mass is 10.2. The SMILES string of the molecule is Cc1ccc(F)c(F)c1F.FF. The third kappa shape index (κ3) is 2.18. The zero-order valence-corrected chi connectivity index (χ0v) is 6.04. The van der Waals surface area contributed by atoms with E-state index in [1.54, 1.807) is 0 Å². The molecule has 0 bridgehead atoms. The maximum atomic E-state index is 12.4. The van der Waals surface area contributed by atoms with Crippen molar-refractivity contribution >= 4 is 0 Å². The number of halogens is 5. The minimum Gasteiger partial charge on any atom is -0.204 e. The molecule has 1 rings (SSSR count). The summed E-state index contributed by atoms with van der Waals surface area (Å²) < 4.78 is 52.8. The van der Waals surface area contributed by atoms with Crippen LogP contribution in [0.5, 0.6) is 0 Å². The summed E-state index contributed by atoms with van der Waals surface area (Å²) in [5, 5.41) is 0. The average Bonchev–Trinajstić information content (AvgIpc) is 2.12. The maximum Gasteiger partial charge on any atom is 0.194 e. The predicted octanol–water partition coefficient (Wildman–Crippen LogP) is 3.25. The molecule has 12 heavy (non-hydrogen) atoms. The second-order valence-electron chi connectivity index (χ2n) is 1.99. The van der Waals surface area contributed by atoms with Crippen LogP contribution in [0, 0.1) is 24.4 Å². The topological polar surface area (TPSA) is 0 Å². The minimum absolute atomic E-state index is 0.110. The molecule has 0 amide bonds. The Labute approximate surface area is 65.5 Å². The first-order valence-electron chi connectivity index (χ1n) is 2.87. The maximum absolute atomic E-state index is 12.4. The van der Waals surface area contributed by atoms with E-state index in [2.05, 4.69) is 0 Å². The van der Waals surface area contributed by atoms with Gasteiger partial charge in [-0.25, -0.2) is 13.2 Å². The number of hydrogen-bond donors (Lipinski definition) is 0. The van der Waals surface area contributed by atoms with Gasteiger partial charge in [-0.3, -0.25) is 0 Å². The summed E-state index contributed by atoms with van der Waals surface area (Å²) in [5.74, 6) is -3.66. The van der Waals surface area contributed by atoms with Gasteiger partial charge in [0.25, 0.3) is 0 Å². The summed E-state index contributed by atoms with van der Waals surface area (Å²) in [6, 6.07) is 2.08. The fourth-order valence-corrected chi connectivity index (χ4v) is 0.622. The van der Waals surface area contributed by atoms with Crippen LogP contribution < -0.4 is 0 Å². The first-order valence-corrected chi connectivity index (χ1v) is 2.87. The third-order valence-corrected chi connectivity index (χ3v) is 1.23. The summed E-state index contributed by atoms with van der Waals surface area (Å²) in [6.45, 7) is 1.37. The van der Waals surface area contributed by atoms with E-state index in [4.69, 9.17) is 9.15 Å². The van der Waals surface area contributed by atoms with Gasteiger partial charge in [-0.2, -0.15) is 0 Å². The van der Waals surface area contributed by atoms with E-state index in [1.807, 2.05) is 0 Å². The van der Waals surface area contributed by atoms with Crippen LogP contribution in [0.25, 0.3) is 0 Å². The van der Waals surface area contributed by atoms with Gasteiger partial charge in [-0.1, -0.05) is 6.07 Å². The summed E-state index contributed by atoms with van der Waals surface area (Å²) >= 11 is 0. The smallest absolute Gasteiger partial charge is 0.194 e. The van der Waals surface area contributed by atoms with Crippen LogP contribution in [0.1, 0.15) is 5.56 Å². The van der Waals surface area contributed by atoms with Crippen molar-refractivity contribution in [2.45, 2.75) is 6.92 Å². The molecule has 0 N–H and O–H groups in total. The summed E-state index contributed by atoms with van der Waals surface area (Å²) in [7, 11) is 0. The molecule has 0 radical (unpaired) electrons. The van der Waals surface area contributed by atoms with E-state index in [1.165, 1.54) is 13.0 Å². The van der Waals surface area contributed by atoms with Crippen molar-refractivity contribution < 1.29 is 22.3 Å². The van der Waals surface area contributed by atoms with Gasteiger partial charge in [0.05, 0.1) is 0 Å². The van der Waals surface area contributed by atoms with Crippen LogP contribution in [0.15, 0.2) is 12.1 Å². The zero-order chi connectivity index (χ0) is 9.72. The van der Waals surface area contributed by atoms with Crippen LogP contribution in [0.4, 0.5) is 22.3 Å². The highest BCUT2D eigenvalue weighted by Crippen LogP contribution is 2.13. The lowest BCUT2D eigenvalue weighted by molar-refractivity contribution is 0.108. The molecular weight excluding hydrogens is 179 g/mol. The quantitative estimate of drug-likeness (QED) is 0.428. The molecule has 5 heteroatoms. The Morgan fingerprint density at radius 1 is 0.917 bits per heavy atom.